The summed E-state index contributed by atoms with van der Waals surface area (Å²) in [6.07, 6.45) is 0. The Hall–Kier alpha value is -0.160. The lowest BCUT2D eigenvalue weighted by Crippen LogP contribution is -2.51. The first-order valence-electron chi connectivity index (χ1n) is 5.16. The van der Waals surface area contributed by atoms with Crippen LogP contribution in [0, 0.1) is 0 Å². The Morgan fingerprint density at radius 3 is 2.15 bits per heavy atom. The summed E-state index contributed by atoms with van der Waals surface area (Å²) in [4.78, 5) is 4.87. The zero-order chi connectivity index (χ0) is 9.68. The fraction of sp³-hybridized carbons (Fsp3) is 1.00. The number of likely N-dealkylation sites (N-methyl/N-ethyl adjacent to an activating group) is 1. The molecule has 4 heteroatoms. The maximum absolute atomic E-state index is 5.79. The molecule has 0 aromatic heterocycles. The predicted molar refractivity (Wildman–Crippen MR) is 55.6 cm³/mol. The van der Waals surface area contributed by atoms with Crippen molar-refractivity contribution in [1.29, 1.82) is 0 Å². The lowest BCUT2D eigenvalue weighted by atomic mass is 10.2. The molecule has 78 valence electrons. The van der Waals surface area contributed by atoms with Crippen LogP contribution in [0.5, 0.6) is 0 Å². The molecule has 1 aliphatic rings. The van der Waals surface area contributed by atoms with Crippen molar-refractivity contribution in [3.05, 3.63) is 0 Å². The van der Waals surface area contributed by atoms with Crippen LogP contribution in [0.3, 0.4) is 0 Å². The van der Waals surface area contributed by atoms with Gasteiger partial charge >= 0.3 is 0 Å². The van der Waals surface area contributed by atoms with Gasteiger partial charge < -0.3 is 16.4 Å². The Bertz CT molecular complexity index is 132. The Morgan fingerprint density at radius 1 is 1.15 bits per heavy atom. The molecule has 1 atom stereocenters. The van der Waals surface area contributed by atoms with Gasteiger partial charge in [0.1, 0.15) is 0 Å². The van der Waals surface area contributed by atoms with Crippen LogP contribution in [-0.2, 0) is 0 Å². The highest BCUT2D eigenvalue weighted by Crippen LogP contribution is 2.00. The number of hydrogen-bond acceptors (Lipinski definition) is 4. The number of nitrogens with two attached hydrogens (primary N) is 2. The van der Waals surface area contributed by atoms with Gasteiger partial charge in [0.15, 0.2) is 0 Å². The van der Waals surface area contributed by atoms with Gasteiger partial charge in [0.05, 0.1) is 0 Å². The van der Waals surface area contributed by atoms with Gasteiger partial charge in [-0.25, -0.2) is 0 Å². The van der Waals surface area contributed by atoms with Gasteiger partial charge in [-0.1, -0.05) is 6.92 Å². The minimum Gasteiger partial charge on any atom is -0.329 e. The third kappa shape index (κ3) is 3.60. The molecule has 4 nitrogen and oxygen atoms in total. The van der Waals surface area contributed by atoms with E-state index in [2.05, 4.69) is 16.7 Å². The van der Waals surface area contributed by atoms with E-state index < -0.39 is 0 Å². The van der Waals surface area contributed by atoms with E-state index in [0.717, 1.165) is 26.2 Å². The molecule has 0 spiro atoms. The summed E-state index contributed by atoms with van der Waals surface area (Å²) < 4.78 is 0. The molecule has 1 rings (SSSR count). The SMILES string of the molecule is CCN1CCN(CC(N)CN)CC1. The van der Waals surface area contributed by atoms with E-state index in [1.165, 1.54) is 13.1 Å². The van der Waals surface area contributed by atoms with Gasteiger partial charge in [0, 0.05) is 45.3 Å². The first-order chi connectivity index (χ1) is 6.26. The molecule has 0 radical (unpaired) electrons. The summed E-state index contributed by atoms with van der Waals surface area (Å²) in [6, 6.07) is 0.146. The second kappa shape index (κ2) is 5.54. The number of piperazine rings is 1. The summed E-state index contributed by atoms with van der Waals surface area (Å²) in [5.74, 6) is 0. The van der Waals surface area contributed by atoms with Crippen molar-refractivity contribution >= 4 is 0 Å². The Morgan fingerprint density at radius 2 is 1.69 bits per heavy atom. The molecule has 0 aliphatic carbocycles. The molecule has 0 aromatic carbocycles. The molecule has 1 fully saturated rings. The number of nitrogens with zero attached hydrogens (tertiary/aromatic N) is 2. The van der Waals surface area contributed by atoms with Crippen molar-refractivity contribution in [1.82, 2.24) is 9.80 Å². The van der Waals surface area contributed by atoms with E-state index in [0.29, 0.717) is 6.54 Å². The second-order valence-electron chi connectivity index (χ2n) is 3.73. The molecule has 1 unspecified atom stereocenters. The van der Waals surface area contributed by atoms with E-state index in [4.69, 9.17) is 11.5 Å². The quantitative estimate of drug-likeness (QED) is 0.586. The van der Waals surface area contributed by atoms with Crippen molar-refractivity contribution in [3.8, 4) is 0 Å². The zero-order valence-corrected chi connectivity index (χ0v) is 8.58. The molecule has 1 heterocycles. The van der Waals surface area contributed by atoms with E-state index in [-0.39, 0.29) is 6.04 Å². The lowest BCUT2D eigenvalue weighted by Gasteiger charge is -2.35. The van der Waals surface area contributed by atoms with E-state index >= 15 is 0 Å². The zero-order valence-electron chi connectivity index (χ0n) is 8.58. The first-order valence-corrected chi connectivity index (χ1v) is 5.16. The van der Waals surface area contributed by atoms with Crippen LogP contribution in [0.2, 0.25) is 0 Å². The summed E-state index contributed by atoms with van der Waals surface area (Å²) in [7, 11) is 0. The average Bonchev–Trinajstić information content (AvgIpc) is 2.19. The molecule has 0 saturated carbocycles. The fourth-order valence-electron chi connectivity index (χ4n) is 1.69. The van der Waals surface area contributed by atoms with Crippen LogP contribution in [0.25, 0.3) is 0 Å². The van der Waals surface area contributed by atoms with E-state index in [1.807, 2.05) is 0 Å². The highest BCUT2D eigenvalue weighted by Gasteiger charge is 2.16. The van der Waals surface area contributed by atoms with Crippen LogP contribution >= 0.6 is 0 Å². The third-order valence-corrected chi connectivity index (χ3v) is 2.71. The summed E-state index contributed by atoms with van der Waals surface area (Å²) >= 11 is 0. The molecule has 0 bridgehead atoms. The average molecular weight is 186 g/mol. The highest BCUT2D eigenvalue weighted by atomic mass is 15.3. The highest BCUT2D eigenvalue weighted by molar-refractivity contribution is 4.75. The maximum Gasteiger partial charge on any atom is 0.0292 e. The van der Waals surface area contributed by atoms with Crippen LogP contribution < -0.4 is 11.5 Å². The van der Waals surface area contributed by atoms with Gasteiger partial charge in [-0.3, -0.25) is 4.90 Å². The number of rotatable bonds is 4. The summed E-state index contributed by atoms with van der Waals surface area (Å²) in [6.45, 7) is 9.55. The van der Waals surface area contributed by atoms with E-state index in [9.17, 15) is 0 Å². The molecular formula is C9H22N4. The summed E-state index contributed by atoms with van der Waals surface area (Å²) in [5, 5.41) is 0. The third-order valence-electron chi connectivity index (χ3n) is 2.71. The lowest BCUT2D eigenvalue weighted by molar-refractivity contribution is 0.132. The van der Waals surface area contributed by atoms with Crippen molar-refractivity contribution in [3.63, 3.8) is 0 Å². The Balaban J connectivity index is 2.17. The van der Waals surface area contributed by atoms with Gasteiger partial charge in [0.2, 0.25) is 0 Å². The number of hydrogen-bond donors (Lipinski definition) is 2. The van der Waals surface area contributed by atoms with Crippen molar-refractivity contribution < 1.29 is 0 Å². The van der Waals surface area contributed by atoms with Gasteiger partial charge in [-0.05, 0) is 6.54 Å². The van der Waals surface area contributed by atoms with Gasteiger partial charge in [-0.15, -0.1) is 0 Å². The minimum absolute atomic E-state index is 0.146. The molecule has 13 heavy (non-hydrogen) atoms. The standard InChI is InChI=1S/C9H22N4/c1-2-12-3-5-13(6-4-12)8-9(11)7-10/h9H,2-8,10-11H2,1H3. The smallest absolute Gasteiger partial charge is 0.0292 e. The minimum atomic E-state index is 0.146. The van der Waals surface area contributed by atoms with Gasteiger partial charge in [0.25, 0.3) is 0 Å². The normalized spacial score (nSPS) is 23.3. The monoisotopic (exact) mass is 186 g/mol. The van der Waals surface area contributed by atoms with Crippen LogP contribution in [0.4, 0.5) is 0 Å². The van der Waals surface area contributed by atoms with Crippen molar-refractivity contribution in [2.45, 2.75) is 13.0 Å². The molecule has 0 aromatic rings. The van der Waals surface area contributed by atoms with Gasteiger partial charge in [-0.2, -0.15) is 0 Å². The maximum atomic E-state index is 5.79. The molecule has 1 aliphatic heterocycles. The Kier molecular flexibility index (Phi) is 4.66. The Labute approximate surface area is 80.9 Å². The fourth-order valence-corrected chi connectivity index (χ4v) is 1.69. The molecule has 1 saturated heterocycles. The molecule has 4 N–H and O–H groups in total. The van der Waals surface area contributed by atoms with Crippen molar-refractivity contribution in [2.24, 2.45) is 11.5 Å². The largest absolute Gasteiger partial charge is 0.329 e. The van der Waals surface area contributed by atoms with Crippen LogP contribution in [-0.4, -0.2) is 61.7 Å². The van der Waals surface area contributed by atoms with Crippen LogP contribution in [0.1, 0.15) is 6.92 Å². The molecular weight excluding hydrogens is 164 g/mol. The second-order valence-corrected chi connectivity index (χ2v) is 3.73. The predicted octanol–water partition coefficient (Wildman–Crippen LogP) is -1.09. The van der Waals surface area contributed by atoms with Crippen molar-refractivity contribution in [2.75, 3.05) is 45.8 Å². The first kappa shape index (κ1) is 10.9. The topological polar surface area (TPSA) is 58.5 Å². The van der Waals surface area contributed by atoms with Crippen LogP contribution in [0.15, 0.2) is 0 Å². The molecule has 0 amide bonds. The summed E-state index contributed by atoms with van der Waals surface area (Å²) in [5.41, 5.74) is 11.3. The van der Waals surface area contributed by atoms with E-state index in [1.54, 1.807) is 0 Å².